The third-order valence-electron chi connectivity index (χ3n) is 3.83. The van der Waals surface area contributed by atoms with E-state index in [-0.39, 0.29) is 11.2 Å². The number of aryl methyl sites for hydroxylation is 2. The van der Waals surface area contributed by atoms with Crippen molar-refractivity contribution in [3.63, 3.8) is 0 Å². The van der Waals surface area contributed by atoms with E-state index in [1.54, 1.807) is 12.3 Å². The summed E-state index contributed by atoms with van der Waals surface area (Å²) in [5.41, 5.74) is 4.35. The summed E-state index contributed by atoms with van der Waals surface area (Å²) in [4.78, 5) is 21.0. The Bertz CT molecular complexity index is 843. The molecule has 2 aromatic heterocycles. The Kier molecular flexibility index (Phi) is 4.85. The van der Waals surface area contributed by atoms with Crippen molar-refractivity contribution >= 4 is 34.6 Å². The van der Waals surface area contributed by atoms with Crippen molar-refractivity contribution in [2.24, 2.45) is 0 Å². The van der Waals surface area contributed by atoms with Gasteiger partial charge in [0, 0.05) is 11.9 Å². The van der Waals surface area contributed by atoms with E-state index in [9.17, 15) is 4.79 Å². The highest BCUT2D eigenvalue weighted by Crippen LogP contribution is 2.28. The standard InChI is InChI=1S/C18H19N3O2S/c1-4-15(17(22)20-13-8-7-11(2)12(3)10-13)24-18-21-16-14(23-18)6-5-9-19-16/h5-10,15H,4H2,1-3H3,(H,20,22)/t15-/m0/s1. The molecule has 0 unspecified atom stereocenters. The summed E-state index contributed by atoms with van der Waals surface area (Å²) in [6, 6.07) is 9.52. The van der Waals surface area contributed by atoms with Crippen molar-refractivity contribution in [1.29, 1.82) is 0 Å². The van der Waals surface area contributed by atoms with Crippen LogP contribution in [0.4, 0.5) is 5.69 Å². The molecule has 0 saturated heterocycles. The monoisotopic (exact) mass is 341 g/mol. The summed E-state index contributed by atoms with van der Waals surface area (Å²) in [6.45, 7) is 6.05. The van der Waals surface area contributed by atoms with Crippen LogP contribution in [-0.4, -0.2) is 21.1 Å². The summed E-state index contributed by atoms with van der Waals surface area (Å²) in [6.07, 6.45) is 2.34. The van der Waals surface area contributed by atoms with Crippen LogP contribution in [0.1, 0.15) is 24.5 Å². The lowest BCUT2D eigenvalue weighted by Crippen LogP contribution is -2.24. The highest BCUT2D eigenvalue weighted by Gasteiger charge is 2.21. The molecule has 0 aliphatic carbocycles. The lowest BCUT2D eigenvalue weighted by atomic mass is 10.1. The van der Waals surface area contributed by atoms with Gasteiger partial charge in [0.25, 0.3) is 5.22 Å². The van der Waals surface area contributed by atoms with Crippen molar-refractivity contribution < 1.29 is 9.21 Å². The molecule has 1 amide bonds. The van der Waals surface area contributed by atoms with Gasteiger partial charge in [-0.2, -0.15) is 4.98 Å². The second-order valence-corrected chi connectivity index (χ2v) is 6.76. The first-order chi connectivity index (χ1) is 11.6. The van der Waals surface area contributed by atoms with E-state index < -0.39 is 0 Å². The average Bonchev–Trinajstić information content (AvgIpc) is 2.98. The van der Waals surface area contributed by atoms with Gasteiger partial charge in [0.2, 0.25) is 5.91 Å². The molecule has 3 aromatic rings. The minimum atomic E-state index is -0.278. The fourth-order valence-corrected chi connectivity index (χ4v) is 3.14. The number of anilines is 1. The van der Waals surface area contributed by atoms with Gasteiger partial charge in [-0.25, -0.2) is 4.98 Å². The van der Waals surface area contributed by atoms with Gasteiger partial charge in [0.05, 0.1) is 5.25 Å². The van der Waals surface area contributed by atoms with E-state index in [0.29, 0.717) is 22.9 Å². The number of fused-ring (bicyclic) bond motifs is 1. The molecule has 1 aromatic carbocycles. The Morgan fingerprint density at radius 2 is 2.12 bits per heavy atom. The quantitative estimate of drug-likeness (QED) is 0.699. The predicted molar refractivity (Wildman–Crippen MR) is 96.3 cm³/mol. The summed E-state index contributed by atoms with van der Waals surface area (Å²) < 4.78 is 5.64. The van der Waals surface area contributed by atoms with Crippen LogP contribution in [0.25, 0.3) is 11.2 Å². The Hall–Kier alpha value is -2.34. The van der Waals surface area contributed by atoms with E-state index in [0.717, 1.165) is 11.3 Å². The number of carbonyl (C=O) groups excluding carboxylic acids is 1. The molecule has 0 radical (unpaired) electrons. The van der Waals surface area contributed by atoms with Crippen LogP contribution in [0.2, 0.25) is 0 Å². The third kappa shape index (κ3) is 3.59. The fourth-order valence-electron chi connectivity index (χ4n) is 2.29. The topological polar surface area (TPSA) is 68.0 Å². The molecule has 0 aliphatic rings. The smallest absolute Gasteiger partial charge is 0.259 e. The van der Waals surface area contributed by atoms with Crippen LogP contribution in [0.5, 0.6) is 0 Å². The van der Waals surface area contributed by atoms with Crippen LogP contribution >= 0.6 is 11.8 Å². The zero-order valence-corrected chi connectivity index (χ0v) is 14.7. The van der Waals surface area contributed by atoms with Crippen LogP contribution in [0.15, 0.2) is 46.2 Å². The number of oxazole rings is 1. The Morgan fingerprint density at radius 3 is 2.83 bits per heavy atom. The molecule has 0 spiro atoms. The maximum atomic E-state index is 12.5. The molecule has 24 heavy (non-hydrogen) atoms. The number of hydrogen-bond acceptors (Lipinski definition) is 5. The number of nitrogens with one attached hydrogen (secondary N) is 1. The normalized spacial score (nSPS) is 12.3. The first-order valence-electron chi connectivity index (χ1n) is 7.83. The highest BCUT2D eigenvalue weighted by atomic mass is 32.2. The molecule has 0 aliphatic heterocycles. The van der Waals surface area contributed by atoms with E-state index >= 15 is 0 Å². The minimum Gasteiger partial charge on any atom is -0.430 e. The van der Waals surface area contributed by atoms with E-state index in [2.05, 4.69) is 15.3 Å². The SMILES string of the molecule is CC[C@H](Sc1nc2ncccc2o1)C(=O)Nc1ccc(C)c(C)c1. The Morgan fingerprint density at radius 1 is 1.29 bits per heavy atom. The van der Waals surface area contributed by atoms with Gasteiger partial charge in [-0.3, -0.25) is 4.79 Å². The van der Waals surface area contributed by atoms with Gasteiger partial charge in [-0.05, 0) is 55.7 Å². The van der Waals surface area contributed by atoms with Gasteiger partial charge in [-0.1, -0.05) is 24.8 Å². The second-order valence-electron chi connectivity index (χ2n) is 5.61. The third-order valence-corrected chi connectivity index (χ3v) is 5.03. The molecule has 6 heteroatoms. The molecule has 3 rings (SSSR count). The van der Waals surface area contributed by atoms with Crippen LogP contribution in [0.3, 0.4) is 0 Å². The van der Waals surface area contributed by atoms with Gasteiger partial charge in [-0.15, -0.1) is 0 Å². The summed E-state index contributed by atoms with van der Waals surface area (Å²) in [5, 5.41) is 3.16. The van der Waals surface area contributed by atoms with E-state index in [1.165, 1.54) is 17.3 Å². The molecular weight excluding hydrogens is 322 g/mol. The summed E-state index contributed by atoms with van der Waals surface area (Å²) >= 11 is 1.32. The summed E-state index contributed by atoms with van der Waals surface area (Å²) in [5.74, 6) is -0.0547. The number of nitrogens with zero attached hydrogens (tertiary/aromatic N) is 2. The molecule has 2 heterocycles. The van der Waals surface area contributed by atoms with Crippen LogP contribution in [0, 0.1) is 13.8 Å². The number of amides is 1. The number of rotatable bonds is 5. The van der Waals surface area contributed by atoms with Crippen LogP contribution in [-0.2, 0) is 4.79 Å². The molecule has 5 nitrogen and oxygen atoms in total. The fraction of sp³-hybridized carbons (Fsp3) is 0.278. The first-order valence-corrected chi connectivity index (χ1v) is 8.71. The van der Waals surface area contributed by atoms with Crippen LogP contribution < -0.4 is 5.32 Å². The van der Waals surface area contributed by atoms with Gasteiger partial charge in [0.1, 0.15) is 0 Å². The average molecular weight is 341 g/mol. The van der Waals surface area contributed by atoms with Gasteiger partial charge in [0.15, 0.2) is 11.2 Å². The van der Waals surface area contributed by atoms with Crippen molar-refractivity contribution in [3.8, 4) is 0 Å². The van der Waals surface area contributed by atoms with E-state index in [1.807, 2.05) is 45.0 Å². The van der Waals surface area contributed by atoms with Gasteiger partial charge >= 0.3 is 0 Å². The number of benzene rings is 1. The predicted octanol–water partition coefficient (Wildman–Crippen LogP) is 4.35. The lowest BCUT2D eigenvalue weighted by molar-refractivity contribution is -0.115. The zero-order chi connectivity index (χ0) is 17.1. The molecule has 1 atom stereocenters. The highest BCUT2D eigenvalue weighted by molar-refractivity contribution is 8.00. The van der Waals surface area contributed by atoms with Crippen molar-refractivity contribution in [3.05, 3.63) is 47.7 Å². The zero-order valence-electron chi connectivity index (χ0n) is 13.9. The molecule has 0 fully saturated rings. The molecule has 124 valence electrons. The lowest BCUT2D eigenvalue weighted by Gasteiger charge is -2.13. The molecule has 1 N–H and O–H groups in total. The molecule has 0 saturated carbocycles. The maximum absolute atomic E-state index is 12.5. The van der Waals surface area contributed by atoms with Crippen molar-refractivity contribution in [2.75, 3.05) is 5.32 Å². The maximum Gasteiger partial charge on any atom is 0.259 e. The van der Waals surface area contributed by atoms with Gasteiger partial charge < -0.3 is 9.73 Å². The Labute approximate surface area is 144 Å². The number of hydrogen-bond donors (Lipinski definition) is 1. The number of pyridine rings is 1. The number of thioether (sulfide) groups is 1. The number of aromatic nitrogens is 2. The van der Waals surface area contributed by atoms with Crippen molar-refractivity contribution in [1.82, 2.24) is 9.97 Å². The largest absolute Gasteiger partial charge is 0.430 e. The van der Waals surface area contributed by atoms with Crippen molar-refractivity contribution in [2.45, 2.75) is 37.7 Å². The summed E-state index contributed by atoms with van der Waals surface area (Å²) in [7, 11) is 0. The second kappa shape index (κ2) is 7.05. The molecular formula is C18H19N3O2S. The first kappa shape index (κ1) is 16.5. The molecule has 0 bridgehead atoms. The van der Waals surface area contributed by atoms with E-state index in [4.69, 9.17) is 4.42 Å². The number of carbonyl (C=O) groups is 1. The Balaban J connectivity index is 1.72. The minimum absolute atomic E-state index is 0.0547.